The quantitative estimate of drug-likeness (QED) is 0.171. The minimum atomic E-state index is -0.442. The van der Waals surface area contributed by atoms with E-state index in [1.54, 1.807) is 0 Å². The average molecular weight is 704 g/mol. The highest BCUT2D eigenvalue weighted by atomic mass is 16.3. The molecule has 2 aliphatic rings. The fraction of sp³-hybridized carbons (Fsp3) is 0.0566. The maximum absolute atomic E-state index is 6.68. The molecule has 0 fully saturated rings. The van der Waals surface area contributed by atoms with Crippen molar-refractivity contribution in [2.45, 2.75) is 18.3 Å². The average Bonchev–Trinajstić information content (AvgIpc) is 3.78. The Labute approximate surface area is 320 Å². The van der Waals surface area contributed by atoms with Crippen molar-refractivity contribution in [3.8, 4) is 22.3 Å². The van der Waals surface area contributed by atoms with E-state index in [9.17, 15) is 0 Å². The molecule has 1 aromatic heterocycles. The first-order chi connectivity index (χ1) is 27.3. The van der Waals surface area contributed by atoms with Crippen molar-refractivity contribution < 1.29 is 4.42 Å². The van der Waals surface area contributed by atoms with Crippen LogP contribution in [-0.4, -0.2) is 0 Å². The molecule has 0 N–H and O–H groups in total. The number of nitrogens with zero attached hydrogens (tertiary/aromatic N) is 1. The van der Waals surface area contributed by atoms with Crippen molar-refractivity contribution in [1.82, 2.24) is 0 Å². The van der Waals surface area contributed by atoms with Gasteiger partial charge in [-0.15, -0.1) is 0 Å². The SMILES string of the molecule is C1=CC(C2(c3ccccc3)c3ccccc3-c3ccc(N(c4ccccc4)c4ccc5oc6cc(-c7ccccc7)c7ccccc7c6c5c4)cc32)=CCC1. The first-order valence-electron chi connectivity index (χ1n) is 19.2. The van der Waals surface area contributed by atoms with E-state index in [1.165, 1.54) is 55.3 Å². The predicted octanol–water partition coefficient (Wildman–Crippen LogP) is 14.5. The van der Waals surface area contributed by atoms with Crippen molar-refractivity contribution in [3.05, 3.63) is 222 Å². The molecule has 0 saturated carbocycles. The minimum absolute atomic E-state index is 0.442. The van der Waals surface area contributed by atoms with Gasteiger partial charge in [0.1, 0.15) is 11.2 Å². The molecule has 9 aromatic rings. The monoisotopic (exact) mass is 703 g/mol. The third-order valence-corrected chi connectivity index (χ3v) is 11.7. The second-order valence-corrected chi connectivity index (χ2v) is 14.7. The summed E-state index contributed by atoms with van der Waals surface area (Å²) in [5.74, 6) is 0. The molecule has 1 heterocycles. The smallest absolute Gasteiger partial charge is 0.136 e. The third-order valence-electron chi connectivity index (χ3n) is 11.7. The van der Waals surface area contributed by atoms with Crippen molar-refractivity contribution in [2.75, 3.05) is 4.90 Å². The number of para-hydroxylation sites is 1. The van der Waals surface area contributed by atoms with Crippen molar-refractivity contribution >= 4 is 49.8 Å². The largest absolute Gasteiger partial charge is 0.456 e. The summed E-state index contributed by atoms with van der Waals surface area (Å²) in [4.78, 5) is 2.41. The van der Waals surface area contributed by atoms with Gasteiger partial charge >= 0.3 is 0 Å². The molecule has 55 heavy (non-hydrogen) atoms. The number of hydrogen-bond donors (Lipinski definition) is 0. The molecule has 11 rings (SSSR count). The van der Waals surface area contributed by atoms with Gasteiger partial charge in [0.2, 0.25) is 0 Å². The summed E-state index contributed by atoms with van der Waals surface area (Å²) in [6.07, 6.45) is 9.28. The summed E-state index contributed by atoms with van der Waals surface area (Å²) in [6.45, 7) is 0. The molecule has 0 spiro atoms. The Balaban J connectivity index is 1.15. The number of benzene rings is 8. The van der Waals surface area contributed by atoms with Gasteiger partial charge in [-0.2, -0.15) is 0 Å². The molecule has 260 valence electrons. The van der Waals surface area contributed by atoms with E-state index in [-0.39, 0.29) is 0 Å². The van der Waals surface area contributed by atoms with Crippen LogP contribution in [0.1, 0.15) is 29.5 Å². The molecule has 0 radical (unpaired) electrons. The molecular weight excluding hydrogens is 667 g/mol. The minimum Gasteiger partial charge on any atom is -0.456 e. The highest BCUT2D eigenvalue weighted by Gasteiger charge is 2.47. The van der Waals surface area contributed by atoms with Gasteiger partial charge < -0.3 is 9.32 Å². The van der Waals surface area contributed by atoms with Crippen molar-refractivity contribution in [2.24, 2.45) is 0 Å². The van der Waals surface area contributed by atoms with Gasteiger partial charge in [0.25, 0.3) is 0 Å². The molecule has 0 amide bonds. The van der Waals surface area contributed by atoms with E-state index in [0.717, 1.165) is 51.8 Å². The Hall–Kier alpha value is -6.90. The van der Waals surface area contributed by atoms with Gasteiger partial charge in [-0.25, -0.2) is 0 Å². The van der Waals surface area contributed by atoms with Crippen LogP contribution in [0.25, 0.3) is 55.0 Å². The molecule has 2 aliphatic carbocycles. The highest BCUT2D eigenvalue weighted by molar-refractivity contribution is 6.22. The van der Waals surface area contributed by atoms with Crippen LogP contribution in [0.4, 0.5) is 17.1 Å². The zero-order chi connectivity index (χ0) is 36.3. The van der Waals surface area contributed by atoms with Gasteiger partial charge in [-0.3, -0.25) is 0 Å². The molecule has 1 atom stereocenters. The summed E-state index contributed by atoms with van der Waals surface area (Å²) >= 11 is 0. The zero-order valence-corrected chi connectivity index (χ0v) is 30.3. The number of allylic oxidation sites excluding steroid dienone is 4. The summed E-state index contributed by atoms with van der Waals surface area (Å²) in [6, 6.07) is 66.2. The van der Waals surface area contributed by atoms with E-state index in [1.807, 2.05) is 0 Å². The van der Waals surface area contributed by atoms with Gasteiger partial charge in [0, 0.05) is 27.8 Å². The lowest BCUT2D eigenvalue weighted by Gasteiger charge is -2.36. The Morgan fingerprint density at radius 2 is 1.13 bits per heavy atom. The summed E-state index contributed by atoms with van der Waals surface area (Å²) in [7, 11) is 0. The van der Waals surface area contributed by atoms with Crippen LogP contribution in [0.5, 0.6) is 0 Å². The van der Waals surface area contributed by atoms with Crippen molar-refractivity contribution in [3.63, 3.8) is 0 Å². The molecule has 1 unspecified atom stereocenters. The fourth-order valence-corrected chi connectivity index (χ4v) is 9.42. The van der Waals surface area contributed by atoms with E-state index in [2.05, 4.69) is 205 Å². The van der Waals surface area contributed by atoms with E-state index in [0.29, 0.717) is 0 Å². The van der Waals surface area contributed by atoms with E-state index < -0.39 is 5.41 Å². The molecule has 8 aromatic carbocycles. The number of rotatable bonds is 6. The highest BCUT2D eigenvalue weighted by Crippen LogP contribution is 2.58. The van der Waals surface area contributed by atoms with Gasteiger partial charge in [-0.1, -0.05) is 152 Å². The standard InChI is InChI=1S/C53H37NO/c1-5-17-36(18-6-1)46-35-51-52(45-27-14-13-25-42(45)46)47-33-40(30-32-50(47)55-51)54(39-23-11-4-12-24-39)41-29-31-44-43-26-15-16-28-48(43)53(49(44)34-41,37-19-7-2-8-20-37)38-21-9-3-10-22-38/h1-2,4-9,11-35H,3,10H2. The summed E-state index contributed by atoms with van der Waals surface area (Å²) in [5.41, 5.74) is 14.8. The van der Waals surface area contributed by atoms with Crippen LogP contribution < -0.4 is 4.90 Å². The van der Waals surface area contributed by atoms with Gasteiger partial charge in [0.15, 0.2) is 0 Å². The Kier molecular flexibility index (Phi) is 7.25. The summed E-state index contributed by atoms with van der Waals surface area (Å²) in [5, 5.41) is 4.66. The molecule has 0 aliphatic heterocycles. The maximum atomic E-state index is 6.68. The Morgan fingerprint density at radius 1 is 0.455 bits per heavy atom. The topological polar surface area (TPSA) is 16.4 Å². The van der Waals surface area contributed by atoms with Crippen LogP contribution in [-0.2, 0) is 5.41 Å². The van der Waals surface area contributed by atoms with Crippen LogP contribution in [0, 0.1) is 0 Å². The third kappa shape index (κ3) is 4.81. The predicted molar refractivity (Wildman–Crippen MR) is 230 cm³/mol. The number of fused-ring (bicyclic) bond motifs is 8. The maximum Gasteiger partial charge on any atom is 0.136 e. The molecular formula is C53H37NO. The first kappa shape index (κ1) is 31.6. The first-order valence-corrected chi connectivity index (χ1v) is 19.2. The number of hydrogen-bond acceptors (Lipinski definition) is 2. The zero-order valence-electron chi connectivity index (χ0n) is 30.3. The van der Waals surface area contributed by atoms with Crippen LogP contribution in [0.3, 0.4) is 0 Å². The lowest BCUT2D eigenvalue weighted by atomic mass is 9.66. The van der Waals surface area contributed by atoms with Gasteiger partial charge in [-0.05, 0) is 117 Å². The van der Waals surface area contributed by atoms with E-state index in [4.69, 9.17) is 4.42 Å². The Morgan fingerprint density at radius 3 is 1.93 bits per heavy atom. The lowest BCUT2D eigenvalue weighted by Crippen LogP contribution is -2.29. The molecule has 2 heteroatoms. The lowest BCUT2D eigenvalue weighted by molar-refractivity contribution is 0.669. The van der Waals surface area contributed by atoms with Crippen molar-refractivity contribution in [1.29, 1.82) is 0 Å². The number of anilines is 3. The second kappa shape index (κ2) is 12.6. The van der Waals surface area contributed by atoms with Crippen LogP contribution in [0.15, 0.2) is 210 Å². The van der Waals surface area contributed by atoms with Crippen LogP contribution in [0.2, 0.25) is 0 Å². The number of furan rings is 1. The molecule has 2 nitrogen and oxygen atoms in total. The van der Waals surface area contributed by atoms with Gasteiger partial charge in [0.05, 0.1) is 5.41 Å². The second-order valence-electron chi connectivity index (χ2n) is 14.7. The van der Waals surface area contributed by atoms with Crippen LogP contribution >= 0.6 is 0 Å². The van der Waals surface area contributed by atoms with E-state index >= 15 is 0 Å². The molecule has 0 bridgehead atoms. The normalized spacial score (nSPS) is 16.0. The Bertz CT molecular complexity index is 2970. The summed E-state index contributed by atoms with van der Waals surface area (Å²) < 4.78 is 6.68. The molecule has 0 saturated heterocycles. The fourth-order valence-electron chi connectivity index (χ4n) is 9.42.